The van der Waals surface area contributed by atoms with E-state index in [1.807, 2.05) is 31.2 Å². The predicted molar refractivity (Wildman–Crippen MR) is 111 cm³/mol. The first-order chi connectivity index (χ1) is 12.9. The van der Waals surface area contributed by atoms with Gasteiger partial charge in [-0.05, 0) is 36.4 Å². The molecule has 0 radical (unpaired) electrons. The number of rotatable bonds is 8. The minimum Gasteiger partial charge on any atom is -0.360 e. The Labute approximate surface area is 167 Å². The topological polar surface area (TPSA) is 99.5 Å². The van der Waals surface area contributed by atoms with Crippen LogP contribution in [0.3, 0.4) is 0 Å². The number of hydrazine groups is 1. The van der Waals surface area contributed by atoms with Gasteiger partial charge in [-0.2, -0.15) is 0 Å². The lowest BCUT2D eigenvalue weighted by Crippen LogP contribution is -2.33. The Balaban J connectivity index is 1.92. The van der Waals surface area contributed by atoms with Crippen LogP contribution in [-0.2, 0) is 4.79 Å². The van der Waals surface area contributed by atoms with E-state index in [0.29, 0.717) is 21.3 Å². The van der Waals surface area contributed by atoms with Crippen LogP contribution in [0.5, 0.6) is 0 Å². The molecule has 5 N–H and O–H groups in total. The Bertz CT molecular complexity index is 819. The highest BCUT2D eigenvalue weighted by Crippen LogP contribution is 2.21. The van der Waals surface area contributed by atoms with Crippen LogP contribution in [0.1, 0.15) is 23.0 Å². The Hall–Kier alpha value is -2.55. The van der Waals surface area contributed by atoms with Crippen molar-refractivity contribution in [3.05, 3.63) is 57.5 Å². The zero-order valence-corrected chi connectivity index (χ0v) is 16.7. The number of thiophene rings is 1. The van der Waals surface area contributed by atoms with Crippen molar-refractivity contribution in [2.75, 3.05) is 23.8 Å². The van der Waals surface area contributed by atoms with E-state index in [0.717, 1.165) is 11.4 Å². The fraction of sp³-hybridized carbons (Fsp3) is 0.222. The third-order valence-electron chi connectivity index (χ3n) is 3.77. The third kappa shape index (κ3) is 5.99. The van der Waals surface area contributed by atoms with Crippen LogP contribution >= 0.6 is 22.9 Å². The van der Waals surface area contributed by atoms with E-state index in [1.165, 1.54) is 11.3 Å². The molecule has 1 heterocycles. The molecule has 0 atom stereocenters. The third-order valence-corrected chi connectivity index (χ3v) is 5.00. The number of carbonyl (C=O) groups excluding carboxylic acids is 2. The molecular formula is C18H22ClN5O2S. The van der Waals surface area contributed by atoms with Gasteiger partial charge in [0.1, 0.15) is 0 Å². The largest absolute Gasteiger partial charge is 0.360 e. The summed E-state index contributed by atoms with van der Waals surface area (Å²) in [7, 11) is 1.74. The maximum Gasteiger partial charge on any atom is 0.261 e. The van der Waals surface area contributed by atoms with E-state index in [1.54, 1.807) is 30.3 Å². The monoisotopic (exact) mass is 407 g/mol. The van der Waals surface area contributed by atoms with Gasteiger partial charge in [0.15, 0.2) is 0 Å². The van der Waals surface area contributed by atoms with Gasteiger partial charge in [0.25, 0.3) is 5.91 Å². The van der Waals surface area contributed by atoms with E-state index >= 15 is 0 Å². The number of benzene rings is 1. The lowest BCUT2D eigenvalue weighted by Gasteiger charge is -2.16. The fourth-order valence-electron chi connectivity index (χ4n) is 2.18. The van der Waals surface area contributed by atoms with Crippen molar-refractivity contribution in [3.8, 4) is 0 Å². The Kier molecular flexibility index (Phi) is 7.66. The van der Waals surface area contributed by atoms with Crippen LogP contribution in [-0.4, -0.2) is 25.4 Å². The Morgan fingerprint density at radius 1 is 1.22 bits per heavy atom. The van der Waals surface area contributed by atoms with Gasteiger partial charge in [0.2, 0.25) is 5.91 Å². The normalized spacial score (nSPS) is 11.0. The molecule has 0 bridgehead atoms. The molecule has 7 nitrogen and oxygen atoms in total. The molecule has 0 aliphatic carbocycles. The minimum absolute atomic E-state index is 0.0491. The lowest BCUT2D eigenvalue weighted by molar-refractivity contribution is -0.118. The molecule has 0 saturated heterocycles. The zero-order chi connectivity index (χ0) is 19.8. The van der Waals surface area contributed by atoms with Crippen molar-refractivity contribution in [3.63, 3.8) is 0 Å². The smallest absolute Gasteiger partial charge is 0.261 e. The number of nitrogens with zero attached hydrogens (tertiary/aromatic N) is 1. The average Bonchev–Trinajstić information content (AvgIpc) is 3.13. The average molecular weight is 408 g/mol. The van der Waals surface area contributed by atoms with E-state index < -0.39 is 0 Å². The molecule has 0 saturated carbocycles. The minimum atomic E-state index is -0.221. The lowest BCUT2D eigenvalue weighted by atomic mass is 10.2. The van der Waals surface area contributed by atoms with Crippen molar-refractivity contribution in [2.45, 2.75) is 13.3 Å². The molecule has 2 aromatic rings. The number of carbonyl (C=O) groups is 2. The van der Waals surface area contributed by atoms with Crippen molar-refractivity contribution in [2.24, 2.45) is 5.84 Å². The highest BCUT2D eigenvalue weighted by Gasteiger charge is 2.09. The first-order valence-electron chi connectivity index (χ1n) is 8.27. The van der Waals surface area contributed by atoms with Crippen LogP contribution < -0.4 is 26.8 Å². The molecule has 2 rings (SSSR count). The molecular weight excluding hydrogens is 386 g/mol. The Morgan fingerprint density at radius 3 is 2.48 bits per heavy atom. The second-order valence-electron chi connectivity index (χ2n) is 5.60. The highest BCUT2D eigenvalue weighted by molar-refractivity contribution is 7.17. The van der Waals surface area contributed by atoms with E-state index in [-0.39, 0.29) is 18.4 Å². The summed E-state index contributed by atoms with van der Waals surface area (Å²) >= 11 is 7.04. The summed E-state index contributed by atoms with van der Waals surface area (Å²) < 4.78 is 0.560. The van der Waals surface area contributed by atoms with Crippen LogP contribution in [0.2, 0.25) is 4.34 Å². The number of anilines is 2. The van der Waals surface area contributed by atoms with Gasteiger partial charge in [-0.25, -0.2) is 0 Å². The van der Waals surface area contributed by atoms with Crippen LogP contribution in [0, 0.1) is 0 Å². The standard InChI is InChI=1S/C18H22ClN5O2S/c1-3-17(25)24(2)14-6-4-12(5-7-14)21-10-13(23-20)11-22-18(26)15-8-9-16(19)27-15/h4-10,21,23H,3,11,20H2,1-2H3,(H,22,26)/b13-10-. The summed E-state index contributed by atoms with van der Waals surface area (Å²) in [6.07, 6.45) is 2.12. The van der Waals surface area contributed by atoms with Crippen molar-refractivity contribution in [1.82, 2.24) is 10.7 Å². The van der Waals surface area contributed by atoms with Gasteiger partial charge in [0, 0.05) is 31.0 Å². The first kappa shape index (κ1) is 20.8. The number of nitrogens with one attached hydrogen (secondary N) is 3. The SMILES string of the molecule is CCC(=O)N(C)c1ccc(N/C=C(/CNC(=O)c2ccc(Cl)s2)NN)cc1. The summed E-state index contributed by atoms with van der Waals surface area (Å²) in [5.41, 5.74) is 4.77. The second-order valence-corrected chi connectivity index (χ2v) is 7.31. The number of nitrogens with two attached hydrogens (primary N) is 1. The van der Waals surface area contributed by atoms with Crippen molar-refractivity contribution >= 4 is 46.1 Å². The summed E-state index contributed by atoms with van der Waals surface area (Å²) in [6, 6.07) is 10.7. The molecule has 0 unspecified atom stereocenters. The first-order valence-corrected chi connectivity index (χ1v) is 9.46. The second kappa shape index (κ2) is 9.96. The number of hydrogen-bond acceptors (Lipinski definition) is 6. The quantitative estimate of drug-likeness (QED) is 0.398. The van der Waals surface area contributed by atoms with Crippen LogP contribution in [0.25, 0.3) is 0 Å². The molecule has 2 amide bonds. The van der Waals surface area contributed by atoms with Crippen LogP contribution in [0.15, 0.2) is 48.3 Å². The number of amides is 2. The fourth-order valence-corrected chi connectivity index (χ4v) is 3.14. The molecule has 1 aromatic heterocycles. The molecule has 9 heteroatoms. The summed E-state index contributed by atoms with van der Waals surface area (Å²) in [5, 5.41) is 5.86. The molecule has 0 fully saturated rings. The van der Waals surface area contributed by atoms with Gasteiger partial charge in [-0.15, -0.1) is 11.3 Å². The molecule has 144 valence electrons. The van der Waals surface area contributed by atoms with Gasteiger partial charge < -0.3 is 21.0 Å². The summed E-state index contributed by atoms with van der Waals surface area (Å²) in [6.45, 7) is 2.05. The van der Waals surface area contributed by atoms with E-state index in [9.17, 15) is 9.59 Å². The van der Waals surface area contributed by atoms with Crippen molar-refractivity contribution < 1.29 is 9.59 Å². The molecule has 1 aromatic carbocycles. The number of hydrogen-bond donors (Lipinski definition) is 4. The Morgan fingerprint density at radius 2 is 1.93 bits per heavy atom. The van der Waals surface area contributed by atoms with Crippen LogP contribution in [0.4, 0.5) is 11.4 Å². The molecule has 0 spiro atoms. The molecule has 0 aliphatic rings. The number of halogens is 1. The van der Waals surface area contributed by atoms with Gasteiger partial charge in [-0.1, -0.05) is 18.5 Å². The molecule has 27 heavy (non-hydrogen) atoms. The highest BCUT2D eigenvalue weighted by atomic mass is 35.5. The van der Waals surface area contributed by atoms with E-state index in [4.69, 9.17) is 17.4 Å². The zero-order valence-electron chi connectivity index (χ0n) is 15.1. The van der Waals surface area contributed by atoms with Gasteiger partial charge in [0.05, 0.1) is 21.5 Å². The maximum absolute atomic E-state index is 12.0. The summed E-state index contributed by atoms with van der Waals surface area (Å²) in [5.74, 6) is 5.33. The molecule has 0 aliphatic heterocycles. The predicted octanol–water partition coefficient (Wildman–Crippen LogP) is 2.92. The maximum atomic E-state index is 12.0. The van der Waals surface area contributed by atoms with Crippen molar-refractivity contribution in [1.29, 1.82) is 0 Å². The van der Waals surface area contributed by atoms with E-state index in [2.05, 4.69) is 16.1 Å². The van der Waals surface area contributed by atoms with Gasteiger partial charge in [-0.3, -0.25) is 15.4 Å². The van der Waals surface area contributed by atoms with Gasteiger partial charge >= 0.3 is 0 Å². The summed E-state index contributed by atoms with van der Waals surface area (Å²) in [4.78, 5) is 25.9.